The number of hydrogen-bond acceptors (Lipinski definition) is 6. The van der Waals surface area contributed by atoms with E-state index in [-0.39, 0.29) is 34.6 Å². The first kappa shape index (κ1) is 21.9. The van der Waals surface area contributed by atoms with Crippen LogP contribution in [0, 0.1) is 0 Å². The van der Waals surface area contributed by atoms with Crippen LogP contribution in [0.2, 0.25) is 0 Å². The molecule has 2 aliphatic heterocycles. The predicted molar refractivity (Wildman–Crippen MR) is 111 cm³/mol. The van der Waals surface area contributed by atoms with Crippen LogP contribution in [0.15, 0.2) is 41.8 Å². The molecule has 1 aromatic carbocycles. The van der Waals surface area contributed by atoms with Gasteiger partial charge >= 0.3 is 0 Å². The summed E-state index contributed by atoms with van der Waals surface area (Å²) in [6.07, 6.45) is 4.65. The fourth-order valence-electron chi connectivity index (χ4n) is 3.87. The monoisotopic (exact) mass is 441 g/mol. The zero-order valence-corrected chi connectivity index (χ0v) is 17.8. The van der Waals surface area contributed by atoms with Crippen molar-refractivity contribution in [2.45, 2.75) is 36.2 Å². The molecule has 1 aromatic rings. The fraction of sp³-hybridized carbons (Fsp3) is 0.526. The smallest absolute Gasteiger partial charge is 0.251 e. The number of benzene rings is 1. The van der Waals surface area contributed by atoms with Gasteiger partial charge in [-0.2, -0.15) is 0 Å². The van der Waals surface area contributed by atoms with Crippen molar-refractivity contribution in [3.63, 3.8) is 0 Å². The first-order chi connectivity index (χ1) is 13.7. The second-order valence-electron chi connectivity index (χ2n) is 7.49. The maximum atomic E-state index is 12.7. The molecule has 2 unspecified atom stereocenters. The second-order valence-corrected chi connectivity index (χ2v) is 11.4. The molecule has 0 aliphatic carbocycles. The Balaban J connectivity index is 1.70. The molecule has 2 saturated heterocycles. The van der Waals surface area contributed by atoms with Crippen LogP contribution in [0.25, 0.3) is 0 Å². The van der Waals surface area contributed by atoms with E-state index >= 15 is 0 Å². The Hall–Kier alpha value is -1.75. The SMILES string of the molecule is C=CCNS(=O)(=O)c1ccc(C(=O)NC2CS(=O)(=O)CC2N2CCCCC2)cc1. The molecule has 8 nitrogen and oxygen atoms in total. The molecular weight excluding hydrogens is 414 g/mol. The van der Waals surface area contributed by atoms with E-state index in [4.69, 9.17) is 0 Å². The molecule has 2 fully saturated rings. The highest BCUT2D eigenvalue weighted by atomic mass is 32.2. The number of sulfonamides is 1. The van der Waals surface area contributed by atoms with Crippen molar-refractivity contribution in [3.05, 3.63) is 42.5 Å². The van der Waals surface area contributed by atoms with Crippen LogP contribution in [0.1, 0.15) is 29.6 Å². The number of rotatable bonds is 7. The molecule has 2 aliphatic rings. The highest BCUT2D eigenvalue weighted by molar-refractivity contribution is 7.91. The predicted octanol–water partition coefficient (Wildman–Crippen LogP) is 0.532. The third-order valence-electron chi connectivity index (χ3n) is 5.34. The van der Waals surface area contributed by atoms with Gasteiger partial charge in [-0.1, -0.05) is 12.5 Å². The number of carbonyl (C=O) groups excluding carboxylic acids is 1. The highest BCUT2D eigenvalue weighted by Crippen LogP contribution is 2.23. The van der Waals surface area contributed by atoms with E-state index in [0.29, 0.717) is 0 Å². The number of likely N-dealkylation sites (tertiary alicyclic amines) is 1. The van der Waals surface area contributed by atoms with Gasteiger partial charge in [-0.25, -0.2) is 21.6 Å². The molecular formula is C19H27N3O5S2. The average Bonchev–Trinajstić information content (AvgIpc) is 3.01. The quantitative estimate of drug-likeness (QED) is 0.597. The summed E-state index contributed by atoms with van der Waals surface area (Å²) in [5.41, 5.74) is 0.286. The van der Waals surface area contributed by atoms with E-state index in [2.05, 4.69) is 21.5 Å². The lowest BCUT2D eigenvalue weighted by molar-refractivity contribution is 0.0900. The van der Waals surface area contributed by atoms with Gasteiger partial charge in [-0.15, -0.1) is 6.58 Å². The lowest BCUT2D eigenvalue weighted by atomic mass is 10.0. The summed E-state index contributed by atoms with van der Waals surface area (Å²) in [4.78, 5) is 14.9. The molecule has 0 bridgehead atoms. The largest absolute Gasteiger partial charge is 0.347 e. The standard InChI is InChI=1S/C19H27N3O5S2/c1-2-10-20-29(26,27)16-8-6-15(7-9-16)19(23)21-17-13-28(24,25)14-18(17)22-11-4-3-5-12-22/h2,6-9,17-18,20H,1,3-5,10-14H2,(H,21,23). The molecule has 160 valence electrons. The van der Waals surface area contributed by atoms with Crippen LogP contribution in [-0.4, -0.2) is 70.9 Å². The molecule has 0 aromatic heterocycles. The van der Waals surface area contributed by atoms with Gasteiger partial charge in [0.1, 0.15) is 0 Å². The van der Waals surface area contributed by atoms with Crippen molar-refractivity contribution in [2.24, 2.45) is 0 Å². The Labute approximate surface area is 172 Å². The van der Waals surface area contributed by atoms with Gasteiger partial charge in [0.25, 0.3) is 5.91 Å². The molecule has 3 rings (SSSR count). The van der Waals surface area contributed by atoms with Gasteiger partial charge in [0.05, 0.1) is 22.4 Å². The van der Waals surface area contributed by atoms with Crippen LogP contribution in [0.4, 0.5) is 0 Å². The summed E-state index contributed by atoms with van der Waals surface area (Å²) in [7, 11) is -6.87. The molecule has 2 atom stereocenters. The number of nitrogens with zero attached hydrogens (tertiary/aromatic N) is 1. The van der Waals surface area contributed by atoms with Crippen LogP contribution in [-0.2, 0) is 19.9 Å². The number of nitrogens with one attached hydrogen (secondary N) is 2. The second kappa shape index (κ2) is 8.95. The van der Waals surface area contributed by atoms with E-state index in [0.717, 1.165) is 32.4 Å². The lowest BCUT2D eigenvalue weighted by Crippen LogP contribution is -2.52. The van der Waals surface area contributed by atoms with Gasteiger partial charge in [0, 0.05) is 18.2 Å². The summed E-state index contributed by atoms with van der Waals surface area (Å²) >= 11 is 0. The van der Waals surface area contributed by atoms with Crippen molar-refractivity contribution in [1.29, 1.82) is 0 Å². The lowest BCUT2D eigenvalue weighted by Gasteiger charge is -2.35. The Bertz CT molecular complexity index is 952. The molecule has 29 heavy (non-hydrogen) atoms. The highest BCUT2D eigenvalue weighted by Gasteiger charge is 2.42. The van der Waals surface area contributed by atoms with Gasteiger partial charge in [-0.05, 0) is 50.2 Å². The average molecular weight is 442 g/mol. The number of amides is 1. The Kier molecular flexibility index (Phi) is 6.77. The number of sulfone groups is 1. The minimum absolute atomic E-state index is 0.0468. The van der Waals surface area contributed by atoms with Crippen LogP contribution in [0.5, 0.6) is 0 Å². The fourth-order valence-corrected chi connectivity index (χ4v) is 6.82. The van der Waals surface area contributed by atoms with E-state index in [9.17, 15) is 21.6 Å². The Morgan fingerprint density at radius 1 is 1.14 bits per heavy atom. The van der Waals surface area contributed by atoms with E-state index in [1.54, 1.807) is 0 Å². The van der Waals surface area contributed by atoms with E-state index < -0.39 is 31.8 Å². The van der Waals surface area contributed by atoms with Crippen molar-refractivity contribution < 1.29 is 21.6 Å². The third kappa shape index (κ3) is 5.44. The third-order valence-corrected chi connectivity index (χ3v) is 8.50. The summed E-state index contributed by atoms with van der Waals surface area (Å²) in [6, 6.07) is 4.88. The summed E-state index contributed by atoms with van der Waals surface area (Å²) in [6.45, 7) is 5.27. The zero-order chi connectivity index (χ0) is 21.1. The summed E-state index contributed by atoms with van der Waals surface area (Å²) in [5, 5.41) is 2.85. The van der Waals surface area contributed by atoms with Crippen LogP contribution in [0.3, 0.4) is 0 Å². The van der Waals surface area contributed by atoms with Crippen molar-refractivity contribution in [3.8, 4) is 0 Å². The molecule has 0 spiro atoms. The topological polar surface area (TPSA) is 113 Å². The van der Waals surface area contributed by atoms with Crippen molar-refractivity contribution >= 4 is 25.8 Å². The minimum atomic E-state index is -3.66. The first-order valence-corrected chi connectivity index (χ1v) is 13.0. The maximum absolute atomic E-state index is 12.7. The van der Waals surface area contributed by atoms with Crippen LogP contribution < -0.4 is 10.0 Å². The molecule has 0 radical (unpaired) electrons. The number of carbonyl (C=O) groups is 1. The normalized spacial score (nSPS) is 24.8. The van der Waals surface area contributed by atoms with E-state index in [1.807, 2.05) is 0 Å². The Morgan fingerprint density at radius 2 is 1.79 bits per heavy atom. The molecule has 0 saturated carbocycles. The summed E-state index contributed by atoms with van der Waals surface area (Å²) in [5.74, 6) is -0.417. The molecule has 10 heteroatoms. The Morgan fingerprint density at radius 3 is 2.41 bits per heavy atom. The summed E-state index contributed by atoms with van der Waals surface area (Å²) < 4.78 is 51.0. The maximum Gasteiger partial charge on any atom is 0.251 e. The van der Waals surface area contributed by atoms with Crippen molar-refractivity contribution in [2.75, 3.05) is 31.1 Å². The zero-order valence-electron chi connectivity index (χ0n) is 16.2. The van der Waals surface area contributed by atoms with E-state index in [1.165, 1.54) is 30.3 Å². The van der Waals surface area contributed by atoms with Crippen molar-refractivity contribution in [1.82, 2.24) is 14.9 Å². The number of hydrogen-bond donors (Lipinski definition) is 2. The molecule has 2 heterocycles. The molecule has 1 amide bonds. The van der Waals surface area contributed by atoms with Crippen LogP contribution >= 0.6 is 0 Å². The van der Waals surface area contributed by atoms with Gasteiger partial charge in [0.2, 0.25) is 10.0 Å². The molecule has 2 N–H and O–H groups in total. The van der Waals surface area contributed by atoms with Gasteiger partial charge in [-0.3, -0.25) is 9.69 Å². The van der Waals surface area contributed by atoms with Gasteiger partial charge < -0.3 is 5.32 Å². The van der Waals surface area contributed by atoms with Gasteiger partial charge in [0.15, 0.2) is 9.84 Å². The first-order valence-electron chi connectivity index (χ1n) is 9.68. The number of piperidine rings is 1. The minimum Gasteiger partial charge on any atom is -0.347 e.